The van der Waals surface area contributed by atoms with Crippen LogP contribution in [0.25, 0.3) is 11.1 Å². The second kappa shape index (κ2) is 11.9. The molecule has 2 aromatic carbocycles. The number of nitrogens with zero attached hydrogens (tertiary/aromatic N) is 3. The zero-order valence-electron chi connectivity index (χ0n) is 19.9. The summed E-state index contributed by atoms with van der Waals surface area (Å²) in [5.74, 6) is 8.66. The number of amides is 1. The molecule has 190 valence electrons. The highest BCUT2D eigenvalue weighted by Gasteiger charge is 2.23. The van der Waals surface area contributed by atoms with Crippen molar-refractivity contribution in [1.29, 1.82) is 0 Å². The smallest absolute Gasteiger partial charge is 0.221 e. The number of nitrogen functional groups attached to an aromatic ring is 1. The Morgan fingerprint density at radius 3 is 2.64 bits per heavy atom. The van der Waals surface area contributed by atoms with Gasteiger partial charge in [-0.2, -0.15) is 9.49 Å². The fourth-order valence-corrected chi connectivity index (χ4v) is 3.42. The van der Waals surface area contributed by atoms with Crippen molar-refractivity contribution >= 4 is 28.9 Å². The molecule has 0 aliphatic rings. The number of hydrogen-bond donors (Lipinski definition) is 5. The summed E-state index contributed by atoms with van der Waals surface area (Å²) < 4.78 is 34.9. The normalized spacial score (nSPS) is 11.3. The van der Waals surface area contributed by atoms with E-state index in [-0.39, 0.29) is 41.2 Å². The molecule has 0 spiro atoms. The highest BCUT2D eigenvalue weighted by atomic mass is 19.2. The first kappa shape index (κ1) is 26.3. The number of hydrazone groups is 1. The first-order valence-corrected chi connectivity index (χ1v) is 11.0. The van der Waals surface area contributed by atoms with Crippen LogP contribution < -0.4 is 37.8 Å². The van der Waals surface area contributed by atoms with Gasteiger partial charge in [-0.1, -0.05) is 12.1 Å². The van der Waals surface area contributed by atoms with E-state index in [0.717, 1.165) is 5.01 Å². The summed E-state index contributed by atoms with van der Waals surface area (Å²) in [6, 6.07) is 11.2. The van der Waals surface area contributed by atoms with E-state index in [4.69, 9.17) is 22.2 Å². The van der Waals surface area contributed by atoms with E-state index >= 15 is 0 Å². The Morgan fingerprint density at radius 2 is 1.94 bits per heavy atom. The van der Waals surface area contributed by atoms with Gasteiger partial charge in [-0.3, -0.25) is 9.80 Å². The lowest BCUT2D eigenvalue weighted by atomic mass is 10.0. The molecular formula is C24H28F2N8O2. The molecule has 0 fully saturated rings. The van der Waals surface area contributed by atoms with E-state index in [1.165, 1.54) is 25.3 Å². The Morgan fingerprint density at radius 1 is 1.17 bits per heavy atom. The fourth-order valence-electron chi connectivity index (χ4n) is 3.42. The molecule has 1 amide bonds. The van der Waals surface area contributed by atoms with Gasteiger partial charge in [0.15, 0.2) is 17.4 Å². The minimum Gasteiger partial charge on any atom is -0.490 e. The Bertz CT molecular complexity index is 1270. The van der Waals surface area contributed by atoms with Gasteiger partial charge in [-0.05, 0) is 55.9 Å². The van der Waals surface area contributed by atoms with Gasteiger partial charge in [0.25, 0.3) is 0 Å². The second-order valence-corrected chi connectivity index (χ2v) is 7.76. The number of nitrogens with two attached hydrogens (primary N) is 3. The average molecular weight is 499 g/mol. The van der Waals surface area contributed by atoms with E-state index in [2.05, 4.69) is 20.7 Å². The van der Waals surface area contributed by atoms with Crippen LogP contribution in [0.15, 0.2) is 53.8 Å². The van der Waals surface area contributed by atoms with Gasteiger partial charge in [0.05, 0.1) is 17.9 Å². The molecule has 0 radical (unpaired) electrons. The standard InChI is InChI=1S/C24H28F2N8O2/c1-14(35)32-17-6-3-5-15(11-17)16-12-18(23(27)31-13-16)24(33-28)34(29)19-7-8-20(22(26)21(19)25)36-10-4-9-30-2/h3,5-8,11-13,30H,4,9-10,28-29H2,1-2H3,(H2,27,31)(H,32,35)/b33-24-. The minimum absolute atomic E-state index is 0.0155. The van der Waals surface area contributed by atoms with Crippen molar-refractivity contribution in [1.82, 2.24) is 10.3 Å². The predicted octanol–water partition coefficient (Wildman–Crippen LogP) is 2.56. The Balaban J connectivity index is 1.92. The maximum Gasteiger partial charge on any atom is 0.221 e. The van der Waals surface area contributed by atoms with E-state index in [0.29, 0.717) is 29.8 Å². The maximum atomic E-state index is 14.9. The molecule has 36 heavy (non-hydrogen) atoms. The van der Waals surface area contributed by atoms with Crippen molar-refractivity contribution in [3.63, 3.8) is 0 Å². The summed E-state index contributed by atoms with van der Waals surface area (Å²) in [7, 11) is 1.78. The van der Waals surface area contributed by atoms with Crippen molar-refractivity contribution in [3.05, 3.63) is 65.9 Å². The third-order valence-electron chi connectivity index (χ3n) is 5.14. The molecule has 8 N–H and O–H groups in total. The van der Waals surface area contributed by atoms with Crippen LogP contribution in [0, 0.1) is 11.6 Å². The van der Waals surface area contributed by atoms with Gasteiger partial charge in [0.1, 0.15) is 5.82 Å². The van der Waals surface area contributed by atoms with Crippen LogP contribution in [0.2, 0.25) is 0 Å². The lowest BCUT2D eigenvalue weighted by molar-refractivity contribution is -0.114. The number of halogens is 2. The molecule has 3 aromatic rings. The van der Waals surface area contributed by atoms with Crippen molar-refractivity contribution in [2.24, 2.45) is 16.8 Å². The number of anilines is 3. The number of ether oxygens (including phenoxy) is 1. The van der Waals surface area contributed by atoms with E-state index in [1.807, 2.05) is 0 Å². The fraction of sp³-hybridized carbons (Fsp3) is 0.208. The lowest BCUT2D eigenvalue weighted by Gasteiger charge is -2.22. The SMILES string of the molecule is CNCCCOc1ccc(N(N)/C(=N\N)c2cc(-c3cccc(NC(C)=O)c3)cnc2N)c(F)c1F. The highest BCUT2D eigenvalue weighted by Crippen LogP contribution is 2.30. The van der Waals surface area contributed by atoms with Crippen molar-refractivity contribution in [3.8, 4) is 16.9 Å². The van der Waals surface area contributed by atoms with Crippen LogP contribution in [0.3, 0.4) is 0 Å². The van der Waals surface area contributed by atoms with Crippen LogP contribution in [-0.2, 0) is 4.79 Å². The summed E-state index contributed by atoms with van der Waals surface area (Å²) in [5, 5.41) is 10.1. The predicted molar refractivity (Wildman–Crippen MR) is 136 cm³/mol. The first-order valence-electron chi connectivity index (χ1n) is 11.0. The molecule has 0 saturated carbocycles. The van der Waals surface area contributed by atoms with Gasteiger partial charge in [-0.15, -0.1) is 0 Å². The second-order valence-electron chi connectivity index (χ2n) is 7.76. The van der Waals surface area contributed by atoms with Crippen molar-refractivity contribution in [2.45, 2.75) is 13.3 Å². The average Bonchev–Trinajstić information content (AvgIpc) is 2.85. The molecule has 1 heterocycles. The quantitative estimate of drug-likeness (QED) is 0.0990. The van der Waals surface area contributed by atoms with Crippen LogP contribution in [0.5, 0.6) is 5.75 Å². The largest absolute Gasteiger partial charge is 0.490 e. The van der Waals surface area contributed by atoms with Crippen molar-refractivity contribution < 1.29 is 18.3 Å². The van der Waals surface area contributed by atoms with Gasteiger partial charge in [0.2, 0.25) is 11.7 Å². The monoisotopic (exact) mass is 498 g/mol. The van der Waals surface area contributed by atoms with Gasteiger partial charge in [0, 0.05) is 24.4 Å². The molecule has 3 rings (SSSR count). The molecule has 0 unspecified atom stereocenters. The van der Waals surface area contributed by atoms with E-state index in [9.17, 15) is 13.6 Å². The van der Waals surface area contributed by atoms with Crippen LogP contribution in [0.1, 0.15) is 18.9 Å². The number of benzene rings is 2. The zero-order valence-corrected chi connectivity index (χ0v) is 19.9. The molecule has 1 aromatic heterocycles. The van der Waals surface area contributed by atoms with Gasteiger partial charge in [-0.25, -0.2) is 15.2 Å². The number of carbonyl (C=O) groups is 1. The molecule has 0 bridgehead atoms. The molecule has 12 heteroatoms. The van der Waals surface area contributed by atoms with Gasteiger partial charge >= 0.3 is 0 Å². The van der Waals surface area contributed by atoms with Crippen LogP contribution in [0.4, 0.5) is 26.0 Å². The summed E-state index contributed by atoms with van der Waals surface area (Å²) in [6.45, 7) is 2.28. The molecular weight excluding hydrogens is 470 g/mol. The summed E-state index contributed by atoms with van der Waals surface area (Å²) in [6.07, 6.45) is 2.13. The third-order valence-corrected chi connectivity index (χ3v) is 5.14. The molecule has 0 saturated heterocycles. The number of amidine groups is 1. The topological polar surface area (TPSA) is 157 Å². The highest BCUT2D eigenvalue weighted by molar-refractivity contribution is 6.12. The summed E-state index contributed by atoms with van der Waals surface area (Å²) in [4.78, 5) is 15.6. The molecule has 0 atom stereocenters. The number of hydrogen-bond acceptors (Lipinski definition) is 8. The number of rotatable bonds is 9. The van der Waals surface area contributed by atoms with Crippen LogP contribution in [-0.4, -0.2) is 36.9 Å². The molecule has 0 aliphatic heterocycles. The first-order chi connectivity index (χ1) is 17.3. The number of pyridine rings is 1. The number of nitrogens with one attached hydrogen (secondary N) is 2. The minimum atomic E-state index is -1.24. The Hall–Kier alpha value is -4.29. The number of hydrazine groups is 1. The summed E-state index contributed by atoms with van der Waals surface area (Å²) in [5.41, 5.74) is 7.78. The molecule has 10 nitrogen and oxygen atoms in total. The summed E-state index contributed by atoms with van der Waals surface area (Å²) >= 11 is 0. The van der Waals surface area contributed by atoms with E-state index < -0.39 is 11.6 Å². The van der Waals surface area contributed by atoms with Crippen LogP contribution >= 0.6 is 0 Å². The number of carbonyl (C=O) groups excluding carboxylic acids is 1. The van der Waals surface area contributed by atoms with Crippen molar-refractivity contribution in [2.75, 3.05) is 36.3 Å². The van der Waals surface area contributed by atoms with Gasteiger partial charge < -0.3 is 26.9 Å². The zero-order chi connectivity index (χ0) is 26.2. The third kappa shape index (κ3) is 6.03. The molecule has 0 aliphatic carbocycles. The van der Waals surface area contributed by atoms with E-state index in [1.54, 1.807) is 37.4 Å². The Labute approximate surface area is 207 Å². The number of aromatic nitrogens is 1. The maximum absolute atomic E-state index is 14.9. The Kier molecular flexibility index (Phi) is 8.71. The lowest BCUT2D eigenvalue weighted by Crippen LogP contribution is -2.40.